The van der Waals surface area contributed by atoms with Crippen molar-refractivity contribution in [2.75, 3.05) is 24.5 Å². The highest BCUT2D eigenvalue weighted by Gasteiger charge is 2.22. The van der Waals surface area contributed by atoms with E-state index in [1.54, 1.807) is 0 Å². The fourth-order valence-electron chi connectivity index (χ4n) is 2.94. The van der Waals surface area contributed by atoms with Crippen molar-refractivity contribution in [3.8, 4) is 0 Å². The van der Waals surface area contributed by atoms with Crippen molar-refractivity contribution in [3.63, 3.8) is 0 Å². The van der Waals surface area contributed by atoms with Crippen LogP contribution in [0.15, 0.2) is 30.3 Å². The molecule has 132 valence electrons. The van der Waals surface area contributed by atoms with Crippen molar-refractivity contribution in [2.45, 2.75) is 19.8 Å². The molecule has 2 aromatic rings. The van der Waals surface area contributed by atoms with Gasteiger partial charge in [-0.2, -0.15) is 5.10 Å². The zero-order chi connectivity index (χ0) is 17.8. The number of nitrogens with zero attached hydrogens (tertiary/aromatic N) is 3. The SMILES string of the molecule is Cc1ccc(N2CCC(CNC(=O)c3cccc(F)c3F)CC2)nn1. The molecule has 1 amide bonds. The average molecular weight is 346 g/mol. The molecule has 1 aromatic heterocycles. The Labute approximate surface area is 145 Å². The molecule has 0 radical (unpaired) electrons. The third-order valence-electron chi connectivity index (χ3n) is 4.47. The van der Waals surface area contributed by atoms with E-state index >= 15 is 0 Å². The summed E-state index contributed by atoms with van der Waals surface area (Å²) in [5, 5.41) is 11.0. The van der Waals surface area contributed by atoms with Gasteiger partial charge < -0.3 is 10.2 Å². The summed E-state index contributed by atoms with van der Waals surface area (Å²) in [6, 6.07) is 7.50. The summed E-state index contributed by atoms with van der Waals surface area (Å²) in [4.78, 5) is 14.2. The van der Waals surface area contributed by atoms with Gasteiger partial charge in [0.15, 0.2) is 17.5 Å². The number of carbonyl (C=O) groups is 1. The van der Waals surface area contributed by atoms with E-state index in [0.717, 1.165) is 43.5 Å². The normalized spacial score (nSPS) is 15.2. The largest absolute Gasteiger partial charge is 0.355 e. The maximum atomic E-state index is 13.6. The van der Waals surface area contributed by atoms with Gasteiger partial charge in [-0.25, -0.2) is 8.78 Å². The highest BCUT2D eigenvalue weighted by atomic mass is 19.2. The summed E-state index contributed by atoms with van der Waals surface area (Å²) in [6.45, 7) is 3.99. The van der Waals surface area contributed by atoms with E-state index in [-0.39, 0.29) is 5.56 Å². The number of rotatable bonds is 4. The maximum Gasteiger partial charge on any atom is 0.254 e. The van der Waals surface area contributed by atoms with Crippen LogP contribution in [0.2, 0.25) is 0 Å². The maximum absolute atomic E-state index is 13.6. The molecule has 1 saturated heterocycles. The molecule has 1 N–H and O–H groups in total. The Morgan fingerprint density at radius 3 is 2.64 bits per heavy atom. The van der Waals surface area contributed by atoms with Gasteiger partial charge in [0, 0.05) is 19.6 Å². The number of hydrogen-bond donors (Lipinski definition) is 1. The van der Waals surface area contributed by atoms with E-state index in [9.17, 15) is 13.6 Å². The fraction of sp³-hybridized carbons (Fsp3) is 0.389. The minimum absolute atomic E-state index is 0.257. The van der Waals surface area contributed by atoms with Crippen LogP contribution in [0, 0.1) is 24.5 Å². The third-order valence-corrected chi connectivity index (χ3v) is 4.47. The number of anilines is 1. The first-order valence-electron chi connectivity index (χ1n) is 8.32. The summed E-state index contributed by atoms with van der Waals surface area (Å²) in [5.74, 6) is -1.54. The molecule has 2 heterocycles. The van der Waals surface area contributed by atoms with Crippen molar-refractivity contribution in [1.29, 1.82) is 0 Å². The molecule has 0 spiro atoms. The van der Waals surface area contributed by atoms with Gasteiger partial charge in [-0.3, -0.25) is 4.79 Å². The number of nitrogens with one attached hydrogen (secondary N) is 1. The predicted molar refractivity (Wildman–Crippen MR) is 90.4 cm³/mol. The highest BCUT2D eigenvalue weighted by molar-refractivity contribution is 5.94. The van der Waals surface area contributed by atoms with E-state index in [0.29, 0.717) is 12.5 Å². The summed E-state index contributed by atoms with van der Waals surface area (Å²) >= 11 is 0. The molecule has 5 nitrogen and oxygen atoms in total. The number of aromatic nitrogens is 2. The van der Waals surface area contributed by atoms with Crippen molar-refractivity contribution < 1.29 is 13.6 Å². The topological polar surface area (TPSA) is 58.1 Å². The standard InChI is InChI=1S/C18H20F2N4O/c1-12-5-6-16(23-22-12)24-9-7-13(8-10-24)11-21-18(25)14-3-2-4-15(19)17(14)20/h2-6,13H,7-11H2,1H3,(H,21,25). The van der Waals surface area contributed by atoms with Crippen molar-refractivity contribution in [2.24, 2.45) is 5.92 Å². The Morgan fingerprint density at radius 2 is 1.96 bits per heavy atom. The summed E-state index contributed by atoms with van der Waals surface area (Å²) in [5.41, 5.74) is 0.623. The average Bonchev–Trinajstić information content (AvgIpc) is 2.63. The van der Waals surface area contributed by atoms with Crippen LogP contribution in [0.25, 0.3) is 0 Å². The molecule has 1 aliphatic rings. The van der Waals surface area contributed by atoms with Gasteiger partial charge in [0.25, 0.3) is 5.91 Å². The van der Waals surface area contributed by atoms with E-state index in [2.05, 4.69) is 20.4 Å². The molecule has 0 atom stereocenters. The fourth-order valence-corrected chi connectivity index (χ4v) is 2.94. The Balaban J connectivity index is 1.50. The second kappa shape index (κ2) is 7.55. The van der Waals surface area contributed by atoms with Gasteiger partial charge in [-0.1, -0.05) is 6.07 Å². The first-order chi connectivity index (χ1) is 12.0. The van der Waals surface area contributed by atoms with E-state index < -0.39 is 17.5 Å². The Hall–Kier alpha value is -2.57. The number of amides is 1. The number of halogens is 2. The van der Waals surface area contributed by atoms with Gasteiger partial charge in [0.1, 0.15) is 0 Å². The molecular formula is C18H20F2N4O. The van der Waals surface area contributed by atoms with Gasteiger partial charge in [0.2, 0.25) is 0 Å². The quantitative estimate of drug-likeness (QED) is 0.925. The predicted octanol–water partition coefficient (Wildman–Crippen LogP) is 2.71. The number of hydrogen-bond acceptors (Lipinski definition) is 4. The molecule has 0 unspecified atom stereocenters. The van der Waals surface area contributed by atoms with Gasteiger partial charge in [-0.05, 0) is 49.9 Å². The van der Waals surface area contributed by atoms with Crippen LogP contribution in [-0.4, -0.2) is 35.7 Å². The van der Waals surface area contributed by atoms with Crippen LogP contribution in [0.1, 0.15) is 28.9 Å². The van der Waals surface area contributed by atoms with E-state index in [1.165, 1.54) is 12.1 Å². The van der Waals surface area contributed by atoms with Crippen LogP contribution < -0.4 is 10.2 Å². The molecule has 0 saturated carbocycles. The van der Waals surface area contributed by atoms with Crippen molar-refractivity contribution >= 4 is 11.7 Å². The number of piperidine rings is 1. The van der Waals surface area contributed by atoms with Gasteiger partial charge >= 0.3 is 0 Å². The van der Waals surface area contributed by atoms with Gasteiger partial charge in [0.05, 0.1) is 11.3 Å². The van der Waals surface area contributed by atoms with Crippen molar-refractivity contribution in [3.05, 3.63) is 53.2 Å². The molecule has 1 aromatic carbocycles. The van der Waals surface area contributed by atoms with Crippen LogP contribution in [0.3, 0.4) is 0 Å². The number of aryl methyl sites for hydroxylation is 1. The van der Waals surface area contributed by atoms with E-state index in [1.807, 2.05) is 19.1 Å². The van der Waals surface area contributed by atoms with Crippen LogP contribution in [0.4, 0.5) is 14.6 Å². The van der Waals surface area contributed by atoms with Crippen LogP contribution >= 0.6 is 0 Å². The number of carbonyl (C=O) groups excluding carboxylic acids is 1. The molecule has 0 bridgehead atoms. The summed E-state index contributed by atoms with van der Waals surface area (Å²) < 4.78 is 26.8. The lowest BCUT2D eigenvalue weighted by Gasteiger charge is -2.32. The Bertz CT molecular complexity index is 743. The zero-order valence-electron chi connectivity index (χ0n) is 14.0. The molecule has 7 heteroatoms. The Kier molecular flexibility index (Phi) is 5.21. The first-order valence-corrected chi connectivity index (χ1v) is 8.32. The summed E-state index contributed by atoms with van der Waals surface area (Å²) in [7, 11) is 0. The molecule has 1 aliphatic heterocycles. The second-order valence-corrected chi connectivity index (χ2v) is 6.27. The number of benzene rings is 1. The lowest BCUT2D eigenvalue weighted by Crippen LogP contribution is -2.39. The van der Waals surface area contributed by atoms with Gasteiger partial charge in [-0.15, -0.1) is 5.10 Å². The molecule has 3 rings (SSSR count). The molecular weight excluding hydrogens is 326 g/mol. The monoisotopic (exact) mass is 346 g/mol. The van der Waals surface area contributed by atoms with E-state index in [4.69, 9.17) is 0 Å². The highest BCUT2D eigenvalue weighted by Crippen LogP contribution is 2.21. The zero-order valence-corrected chi connectivity index (χ0v) is 14.0. The van der Waals surface area contributed by atoms with Crippen LogP contribution in [-0.2, 0) is 0 Å². The van der Waals surface area contributed by atoms with Crippen molar-refractivity contribution in [1.82, 2.24) is 15.5 Å². The molecule has 1 fully saturated rings. The lowest BCUT2D eigenvalue weighted by molar-refractivity contribution is 0.0940. The van der Waals surface area contributed by atoms with Crippen LogP contribution in [0.5, 0.6) is 0 Å². The smallest absolute Gasteiger partial charge is 0.254 e. The molecule has 0 aliphatic carbocycles. The second-order valence-electron chi connectivity index (χ2n) is 6.27. The third kappa shape index (κ3) is 4.10. The minimum atomic E-state index is -1.10. The Morgan fingerprint density at radius 1 is 1.20 bits per heavy atom. The minimum Gasteiger partial charge on any atom is -0.355 e. The lowest BCUT2D eigenvalue weighted by atomic mass is 9.96. The first kappa shape index (κ1) is 17.3. The summed E-state index contributed by atoms with van der Waals surface area (Å²) in [6.07, 6.45) is 1.78. The molecule has 25 heavy (non-hydrogen) atoms.